The molecule has 0 radical (unpaired) electrons. The van der Waals surface area contributed by atoms with Crippen LogP contribution in [0.15, 0.2) is 42.7 Å². The highest BCUT2D eigenvalue weighted by molar-refractivity contribution is 5.90. The minimum absolute atomic E-state index is 0.188. The van der Waals surface area contributed by atoms with E-state index in [1.807, 2.05) is 41.2 Å². The number of hydrogen-bond donors (Lipinski definition) is 3. The molecule has 1 aliphatic heterocycles. The number of nitrogens with one attached hydrogen (secondary N) is 3. The Morgan fingerprint density at radius 2 is 2.14 bits per heavy atom. The Morgan fingerprint density at radius 1 is 1.32 bits per heavy atom. The summed E-state index contributed by atoms with van der Waals surface area (Å²) in [6.45, 7) is 1.39. The summed E-state index contributed by atoms with van der Waals surface area (Å²) >= 11 is 0. The fraction of sp³-hybridized carbons (Fsp3) is 0.267. The monoisotopic (exact) mass is 299 g/mol. The number of aromatic nitrogens is 2. The Bertz CT molecular complexity index is 668. The molecule has 1 aliphatic rings. The van der Waals surface area contributed by atoms with Gasteiger partial charge < -0.3 is 16.0 Å². The smallest absolute Gasteiger partial charge is 0.315 e. The molecule has 1 fully saturated rings. The highest BCUT2D eigenvalue weighted by Crippen LogP contribution is 2.10. The van der Waals surface area contributed by atoms with Crippen molar-refractivity contribution >= 4 is 11.9 Å². The Kier molecular flexibility index (Phi) is 4.04. The number of benzene rings is 1. The van der Waals surface area contributed by atoms with Gasteiger partial charge in [-0.05, 0) is 17.2 Å². The zero-order valence-corrected chi connectivity index (χ0v) is 12.0. The van der Waals surface area contributed by atoms with Gasteiger partial charge >= 0.3 is 6.03 Å². The van der Waals surface area contributed by atoms with Crippen LogP contribution in [-0.4, -0.2) is 34.3 Å². The first-order chi connectivity index (χ1) is 10.7. The van der Waals surface area contributed by atoms with E-state index in [2.05, 4.69) is 21.0 Å². The molecule has 2 aromatic rings. The fourth-order valence-corrected chi connectivity index (χ4v) is 2.37. The molecule has 7 nitrogen and oxygen atoms in total. The maximum Gasteiger partial charge on any atom is 0.315 e. The van der Waals surface area contributed by atoms with E-state index < -0.39 is 6.04 Å². The fourth-order valence-electron chi connectivity index (χ4n) is 2.37. The number of rotatable bonds is 5. The third-order valence-electron chi connectivity index (χ3n) is 3.55. The minimum atomic E-state index is -0.509. The summed E-state index contributed by atoms with van der Waals surface area (Å²) in [4.78, 5) is 23.1. The van der Waals surface area contributed by atoms with Crippen LogP contribution in [0.3, 0.4) is 0 Å². The molecular formula is C15H17N5O2. The van der Waals surface area contributed by atoms with Crippen molar-refractivity contribution in [1.29, 1.82) is 0 Å². The lowest BCUT2D eigenvalue weighted by Crippen LogP contribution is -2.42. The van der Waals surface area contributed by atoms with Crippen molar-refractivity contribution in [2.24, 2.45) is 0 Å². The van der Waals surface area contributed by atoms with Crippen LogP contribution >= 0.6 is 0 Å². The third-order valence-corrected chi connectivity index (χ3v) is 3.55. The normalized spacial score (nSPS) is 16.9. The predicted molar refractivity (Wildman–Crippen MR) is 79.9 cm³/mol. The standard InChI is InChI=1S/C15H17N5O2/c21-14(13-9-17-15(22)19-13)16-8-11-4-1-2-5-12(11)10-20-7-3-6-18-20/h1-7,13H,8-10H2,(H,16,21)(H2,17,19,22)/t13-/m1/s1. The van der Waals surface area contributed by atoms with E-state index in [0.29, 0.717) is 19.6 Å². The Balaban J connectivity index is 1.62. The van der Waals surface area contributed by atoms with Crippen molar-refractivity contribution < 1.29 is 9.59 Å². The molecule has 1 aromatic carbocycles. The van der Waals surface area contributed by atoms with Crippen molar-refractivity contribution in [3.63, 3.8) is 0 Å². The van der Waals surface area contributed by atoms with Crippen LogP contribution in [0.1, 0.15) is 11.1 Å². The maximum absolute atomic E-state index is 12.0. The zero-order chi connectivity index (χ0) is 15.4. The Labute approximate surface area is 127 Å². The quantitative estimate of drug-likeness (QED) is 0.738. The number of nitrogens with zero attached hydrogens (tertiary/aromatic N) is 2. The van der Waals surface area contributed by atoms with Gasteiger partial charge in [0.25, 0.3) is 0 Å². The van der Waals surface area contributed by atoms with Gasteiger partial charge in [-0.3, -0.25) is 9.48 Å². The minimum Gasteiger partial charge on any atom is -0.350 e. The summed E-state index contributed by atoms with van der Waals surface area (Å²) in [7, 11) is 0. The summed E-state index contributed by atoms with van der Waals surface area (Å²) in [6.07, 6.45) is 3.63. The number of hydrogen-bond acceptors (Lipinski definition) is 3. The van der Waals surface area contributed by atoms with Crippen LogP contribution in [0, 0.1) is 0 Å². The summed E-state index contributed by atoms with van der Waals surface area (Å²) in [5.74, 6) is -0.188. The van der Waals surface area contributed by atoms with Gasteiger partial charge in [-0.25, -0.2) is 4.79 Å². The first kappa shape index (κ1) is 14.1. The molecule has 22 heavy (non-hydrogen) atoms. The van der Waals surface area contributed by atoms with Gasteiger partial charge in [0.15, 0.2) is 0 Å². The van der Waals surface area contributed by atoms with E-state index in [1.54, 1.807) is 6.20 Å². The van der Waals surface area contributed by atoms with Crippen molar-refractivity contribution in [2.45, 2.75) is 19.1 Å². The lowest BCUT2D eigenvalue weighted by Gasteiger charge is -2.13. The van der Waals surface area contributed by atoms with Crippen LogP contribution < -0.4 is 16.0 Å². The molecule has 0 spiro atoms. The van der Waals surface area contributed by atoms with Gasteiger partial charge in [0.1, 0.15) is 6.04 Å². The summed E-state index contributed by atoms with van der Waals surface area (Å²) < 4.78 is 1.84. The van der Waals surface area contributed by atoms with E-state index in [9.17, 15) is 9.59 Å². The molecule has 1 atom stereocenters. The van der Waals surface area contributed by atoms with Gasteiger partial charge in [-0.2, -0.15) is 5.10 Å². The molecule has 3 N–H and O–H groups in total. The topological polar surface area (TPSA) is 88.1 Å². The lowest BCUT2D eigenvalue weighted by molar-refractivity contribution is -0.122. The highest BCUT2D eigenvalue weighted by Gasteiger charge is 2.26. The average molecular weight is 299 g/mol. The molecule has 3 amide bonds. The molecule has 0 aliphatic carbocycles. The van der Waals surface area contributed by atoms with E-state index >= 15 is 0 Å². The second kappa shape index (κ2) is 6.30. The molecule has 114 valence electrons. The average Bonchev–Trinajstić information content (AvgIpc) is 3.18. The van der Waals surface area contributed by atoms with Gasteiger partial charge in [-0.1, -0.05) is 24.3 Å². The predicted octanol–water partition coefficient (Wildman–Crippen LogP) is 0.229. The lowest BCUT2D eigenvalue weighted by atomic mass is 10.1. The molecule has 1 saturated heterocycles. The second-order valence-electron chi connectivity index (χ2n) is 5.10. The molecule has 0 saturated carbocycles. The van der Waals surface area contributed by atoms with E-state index in [1.165, 1.54) is 0 Å². The molecule has 1 aromatic heterocycles. The molecule has 3 rings (SSSR count). The van der Waals surface area contributed by atoms with Crippen molar-refractivity contribution in [1.82, 2.24) is 25.7 Å². The number of carbonyl (C=O) groups is 2. The molecule has 7 heteroatoms. The maximum atomic E-state index is 12.0. The Morgan fingerprint density at radius 3 is 2.82 bits per heavy atom. The van der Waals surface area contributed by atoms with Crippen LogP contribution in [0.4, 0.5) is 4.79 Å². The first-order valence-corrected chi connectivity index (χ1v) is 7.08. The van der Waals surface area contributed by atoms with Gasteiger partial charge in [0.05, 0.1) is 6.54 Å². The van der Waals surface area contributed by atoms with E-state index in [-0.39, 0.29) is 11.9 Å². The van der Waals surface area contributed by atoms with Crippen molar-refractivity contribution in [2.75, 3.05) is 6.54 Å². The molecule has 0 unspecified atom stereocenters. The number of carbonyl (C=O) groups excluding carboxylic acids is 2. The van der Waals surface area contributed by atoms with Crippen LogP contribution in [0.2, 0.25) is 0 Å². The zero-order valence-electron chi connectivity index (χ0n) is 12.0. The Hall–Kier alpha value is -2.83. The van der Waals surface area contributed by atoms with Gasteiger partial charge in [0, 0.05) is 25.5 Å². The van der Waals surface area contributed by atoms with Crippen molar-refractivity contribution in [3.05, 3.63) is 53.9 Å². The molecule has 2 heterocycles. The molecular weight excluding hydrogens is 282 g/mol. The summed E-state index contributed by atoms with van der Waals surface area (Å²) in [5.41, 5.74) is 2.13. The summed E-state index contributed by atoms with van der Waals surface area (Å²) in [6, 6.07) is 8.95. The van der Waals surface area contributed by atoms with Crippen LogP contribution in [0.25, 0.3) is 0 Å². The third kappa shape index (κ3) is 3.25. The highest BCUT2D eigenvalue weighted by atomic mass is 16.2. The first-order valence-electron chi connectivity index (χ1n) is 7.08. The van der Waals surface area contributed by atoms with Gasteiger partial charge in [-0.15, -0.1) is 0 Å². The largest absolute Gasteiger partial charge is 0.350 e. The SMILES string of the molecule is O=C1NC[C@H](C(=O)NCc2ccccc2Cn2cccn2)N1. The van der Waals surface area contributed by atoms with Gasteiger partial charge in [0.2, 0.25) is 5.91 Å². The number of urea groups is 1. The van der Waals surface area contributed by atoms with E-state index in [4.69, 9.17) is 0 Å². The van der Waals surface area contributed by atoms with Crippen LogP contribution in [-0.2, 0) is 17.9 Å². The van der Waals surface area contributed by atoms with E-state index in [0.717, 1.165) is 11.1 Å². The van der Waals surface area contributed by atoms with Crippen LogP contribution in [0.5, 0.6) is 0 Å². The second-order valence-corrected chi connectivity index (χ2v) is 5.10. The summed E-state index contributed by atoms with van der Waals surface area (Å²) in [5, 5.41) is 12.2. The van der Waals surface area contributed by atoms with Crippen molar-refractivity contribution in [3.8, 4) is 0 Å². The molecule has 0 bridgehead atoms. The number of amides is 3.